The number of carbonyl (C=O) groups excluding carboxylic acids is 1. The molecule has 3 unspecified atom stereocenters. The number of hydrogen-bond donors (Lipinski definition) is 3. The summed E-state index contributed by atoms with van der Waals surface area (Å²) in [5.74, 6) is -1.04. The van der Waals surface area contributed by atoms with Crippen LogP contribution in [0.15, 0.2) is 0 Å². The van der Waals surface area contributed by atoms with Crippen molar-refractivity contribution in [2.75, 3.05) is 0 Å². The molecular weight excluding hydrogens is 244 g/mol. The first-order valence-electron chi connectivity index (χ1n) is 7.03. The summed E-state index contributed by atoms with van der Waals surface area (Å²) in [4.78, 5) is 22.4. The molecule has 0 aliphatic carbocycles. The Morgan fingerprint density at radius 1 is 1.05 bits per heavy atom. The maximum Gasteiger partial charge on any atom is 0.306 e. The Morgan fingerprint density at radius 2 is 1.63 bits per heavy atom. The summed E-state index contributed by atoms with van der Waals surface area (Å²) >= 11 is 0. The molecule has 0 radical (unpaired) electrons. The number of carboxylic acid groups (broad SMARTS) is 1. The lowest BCUT2D eigenvalue weighted by Crippen LogP contribution is -2.47. The summed E-state index contributed by atoms with van der Waals surface area (Å²) in [5, 5.41) is 14.9. The van der Waals surface area contributed by atoms with Crippen molar-refractivity contribution < 1.29 is 14.7 Å². The number of rotatable bonds is 9. The lowest BCUT2D eigenvalue weighted by atomic mass is 10.0. The van der Waals surface area contributed by atoms with E-state index in [1.165, 1.54) is 0 Å². The van der Waals surface area contributed by atoms with Crippen LogP contribution < -0.4 is 10.6 Å². The molecule has 0 heterocycles. The van der Waals surface area contributed by atoms with Crippen LogP contribution in [0.3, 0.4) is 0 Å². The van der Waals surface area contributed by atoms with E-state index in [0.717, 1.165) is 12.8 Å². The van der Waals surface area contributed by atoms with E-state index >= 15 is 0 Å². The van der Waals surface area contributed by atoms with Crippen molar-refractivity contribution in [2.45, 2.75) is 72.0 Å². The monoisotopic (exact) mass is 272 g/mol. The number of nitrogens with one attached hydrogen (secondary N) is 2. The van der Waals surface area contributed by atoms with Crippen molar-refractivity contribution in [3.63, 3.8) is 0 Å². The first-order chi connectivity index (χ1) is 8.73. The van der Waals surface area contributed by atoms with Gasteiger partial charge in [0.25, 0.3) is 0 Å². The quantitative estimate of drug-likeness (QED) is 0.598. The van der Waals surface area contributed by atoms with E-state index < -0.39 is 5.97 Å². The highest BCUT2D eigenvalue weighted by Crippen LogP contribution is 2.09. The Bertz CT molecular complexity index is 292. The average Bonchev–Trinajstić information content (AvgIpc) is 2.27. The second-order valence-corrected chi connectivity index (χ2v) is 5.62. The zero-order valence-corrected chi connectivity index (χ0v) is 12.7. The van der Waals surface area contributed by atoms with E-state index in [4.69, 9.17) is 5.11 Å². The molecule has 0 saturated carbocycles. The molecule has 0 saturated heterocycles. The van der Waals surface area contributed by atoms with Crippen molar-refractivity contribution >= 4 is 11.9 Å². The van der Waals surface area contributed by atoms with Gasteiger partial charge in [-0.2, -0.15) is 0 Å². The van der Waals surface area contributed by atoms with E-state index in [2.05, 4.69) is 10.6 Å². The first-order valence-corrected chi connectivity index (χ1v) is 7.03. The van der Waals surface area contributed by atoms with Crippen molar-refractivity contribution in [3.05, 3.63) is 0 Å². The highest BCUT2D eigenvalue weighted by atomic mass is 16.4. The van der Waals surface area contributed by atoms with Gasteiger partial charge in [0.15, 0.2) is 0 Å². The van der Waals surface area contributed by atoms with E-state index in [-0.39, 0.29) is 30.0 Å². The molecule has 5 nitrogen and oxygen atoms in total. The third-order valence-corrected chi connectivity index (χ3v) is 3.05. The maximum atomic E-state index is 11.7. The molecular formula is C14H28N2O3. The van der Waals surface area contributed by atoms with Gasteiger partial charge in [0.05, 0.1) is 12.0 Å². The fraction of sp³-hybridized carbons (Fsp3) is 0.857. The highest BCUT2D eigenvalue weighted by Gasteiger charge is 2.16. The van der Waals surface area contributed by atoms with Crippen molar-refractivity contribution in [2.24, 2.45) is 5.92 Å². The molecule has 0 aliphatic heterocycles. The smallest absolute Gasteiger partial charge is 0.306 e. The third kappa shape index (κ3) is 8.59. The second-order valence-electron chi connectivity index (χ2n) is 5.62. The zero-order chi connectivity index (χ0) is 15.0. The summed E-state index contributed by atoms with van der Waals surface area (Å²) in [7, 11) is 0. The predicted molar refractivity (Wildman–Crippen MR) is 76.0 cm³/mol. The van der Waals surface area contributed by atoms with Crippen LogP contribution in [0.25, 0.3) is 0 Å². The Labute approximate surface area is 116 Å². The first kappa shape index (κ1) is 17.9. The van der Waals surface area contributed by atoms with Crippen LogP contribution in [0, 0.1) is 5.92 Å². The van der Waals surface area contributed by atoms with Crippen molar-refractivity contribution in [1.29, 1.82) is 0 Å². The maximum absolute atomic E-state index is 11.7. The van der Waals surface area contributed by atoms with Crippen molar-refractivity contribution in [1.82, 2.24) is 10.6 Å². The van der Waals surface area contributed by atoms with Crippen LogP contribution in [-0.4, -0.2) is 35.1 Å². The average molecular weight is 272 g/mol. The molecule has 0 rings (SSSR count). The molecule has 0 aromatic rings. The van der Waals surface area contributed by atoms with Crippen LogP contribution in [0.1, 0.15) is 53.9 Å². The predicted octanol–water partition coefficient (Wildman–Crippen LogP) is 1.77. The van der Waals surface area contributed by atoms with Gasteiger partial charge in [0.1, 0.15) is 0 Å². The fourth-order valence-electron chi connectivity index (χ4n) is 1.85. The fourth-order valence-corrected chi connectivity index (χ4v) is 1.85. The second kappa shape index (κ2) is 8.91. The van der Waals surface area contributed by atoms with Gasteiger partial charge in [-0.1, -0.05) is 13.3 Å². The molecule has 0 bridgehead atoms. The van der Waals surface area contributed by atoms with E-state index in [9.17, 15) is 9.59 Å². The normalized spacial score (nSPS) is 15.9. The molecule has 1 amide bonds. The van der Waals surface area contributed by atoms with Gasteiger partial charge in [0.2, 0.25) is 5.91 Å². The molecule has 0 aromatic heterocycles. The highest BCUT2D eigenvalue weighted by molar-refractivity contribution is 5.81. The summed E-state index contributed by atoms with van der Waals surface area (Å²) in [6, 6.07) is 0.117. The zero-order valence-electron chi connectivity index (χ0n) is 12.7. The lowest BCUT2D eigenvalue weighted by molar-refractivity contribution is -0.141. The van der Waals surface area contributed by atoms with Crippen LogP contribution in [0.4, 0.5) is 0 Å². The molecule has 19 heavy (non-hydrogen) atoms. The Kier molecular flexibility index (Phi) is 8.39. The number of amides is 1. The van der Waals surface area contributed by atoms with Gasteiger partial charge < -0.3 is 15.7 Å². The van der Waals surface area contributed by atoms with Gasteiger partial charge in [-0.15, -0.1) is 0 Å². The van der Waals surface area contributed by atoms with Crippen LogP contribution in [0.2, 0.25) is 0 Å². The Morgan fingerprint density at radius 3 is 2.11 bits per heavy atom. The molecule has 0 spiro atoms. The summed E-state index contributed by atoms with van der Waals surface area (Å²) in [5.41, 5.74) is 0. The number of aliphatic carboxylic acids is 1. The number of hydrogen-bond acceptors (Lipinski definition) is 3. The van der Waals surface area contributed by atoms with E-state index in [1.807, 2.05) is 27.7 Å². The summed E-state index contributed by atoms with van der Waals surface area (Å²) in [6.07, 6.45) is 2.39. The minimum absolute atomic E-state index is 0.000698. The summed E-state index contributed by atoms with van der Waals surface area (Å²) in [6.45, 7) is 9.44. The minimum Gasteiger partial charge on any atom is -0.481 e. The van der Waals surface area contributed by atoms with Gasteiger partial charge in [-0.05, 0) is 40.5 Å². The lowest BCUT2D eigenvalue weighted by Gasteiger charge is -2.21. The molecule has 0 fully saturated rings. The Hall–Kier alpha value is -1.10. The number of carboxylic acids is 1. The third-order valence-electron chi connectivity index (χ3n) is 3.05. The SMILES string of the molecule is CC(C)NC(=O)C(C)NC(C)CCCC(C)C(=O)O. The van der Waals surface area contributed by atoms with Gasteiger partial charge in [0, 0.05) is 12.1 Å². The van der Waals surface area contributed by atoms with Gasteiger partial charge in [-0.25, -0.2) is 0 Å². The van der Waals surface area contributed by atoms with E-state index in [0.29, 0.717) is 6.42 Å². The standard InChI is InChI=1S/C14H28N2O3/c1-9(2)15-13(17)12(5)16-11(4)8-6-7-10(3)14(18)19/h9-12,16H,6-8H2,1-5H3,(H,15,17)(H,18,19). The largest absolute Gasteiger partial charge is 0.481 e. The summed E-state index contributed by atoms with van der Waals surface area (Å²) < 4.78 is 0. The molecule has 0 aromatic carbocycles. The van der Waals surface area contributed by atoms with E-state index in [1.54, 1.807) is 6.92 Å². The molecule has 3 N–H and O–H groups in total. The van der Waals surface area contributed by atoms with Gasteiger partial charge in [-0.3, -0.25) is 9.59 Å². The minimum atomic E-state index is -0.745. The molecule has 112 valence electrons. The molecule has 5 heteroatoms. The van der Waals surface area contributed by atoms with Crippen molar-refractivity contribution in [3.8, 4) is 0 Å². The van der Waals surface area contributed by atoms with Crippen LogP contribution in [0.5, 0.6) is 0 Å². The molecule has 0 aliphatic rings. The topological polar surface area (TPSA) is 78.4 Å². The Balaban J connectivity index is 3.88. The van der Waals surface area contributed by atoms with Crippen LogP contribution >= 0.6 is 0 Å². The van der Waals surface area contributed by atoms with Crippen LogP contribution in [-0.2, 0) is 9.59 Å². The number of carbonyl (C=O) groups is 2. The molecule has 3 atom stereocenters. The van der Waals surface area contributed by atoms with Gasteiger partial charge >= 0.3 is 5.97 Å².